The fourth-order valence-electron chi connectivity index (χ4n) is 4.10. The number of aryl methyl sites for hydroxylation is 1. The number of aromatic nitrogens is 3. The standard InChI is InChI=1S/C24H26N4/c1-24(2,3)22(20-15-28(4)21-8-6-5-7-19(20)21)17-11-9-16(10-12-17)18-13-26-23(25)27-14-18/h5-15,22H,1-4H3,(H2,25,26,27). The van der Waals surface area contributed by atoms with Crippen LogP contribution in [-0.4, -0.2) is 14.5 Å². The summed E-state index contributed by atoms with van der Waals surface area (Å²) in [6.07, 6.45) is 5.81. The Morgan fingerprint density at radius 3 is 2.18 bits per heavy atom. The number of fused-ring (bicyclic) bond motifs is 1. The summed E-state index contributed by atoms with van der Waals surface area (Å²) >= 11 is 0. The zero-order valence-corrected chi connectivity index (χ0v) is 16.8. The summed E-state index contributed by atoms with van der Waals surface area (Å²) in [6.45, 7) is 6.92. The number of anilines is 1. The predicted molar refractivity (Wildman–Crippen MR) is 116 cm³/mol. The van der Waals surface area contributed by atoms with Crippen LogP contribution in [0.4, 0.5) is 5.95 Å². The van der Waals surface area contributed by atoms with Gasteiger partial charge in [-0.15, -0.1) is 0 Å². The average molecular weight is 371 g/mol. The number of para-hydroxylation sites is 1. The largest absolute Gasteiger partial charge is 0.368 e. The Hall–Kier alpha value is -3.14. The Morgan fingerprint density at radius 1 is 0.893 bits per heavy atom. The Kier molecular flexibility index (Phi) is 4.42. The Morgan fingerprint density at radius 2 is 1.54 bits per heavy atom. The molecule has 0 radical (unpaired) electrons. The normalized spacial score (nSPS) is 13.0. The lowest BCUT2D eigenvalue weighted by Gasteiger charge is -2.31. The second-order valence-corrected chi connectivity index (χ2v) is 8.46. The molecule has 1 atom stereocenters. The molecule has 28 heavy (non-hydrogen) atoms. The van der Waals surface area contributed by atoms with Gasteiger partial charge in [-0.2, -0.15) is 0 Å². The van der Waals surface area contributed by atoms with E-state index >= 15 is 0 Å². The average Bonchev–Trinajstić information content (AvgIpc) is 2.99. The summed E-state index contributed by atoms with van der Waals surface area (Å²) in [5, 5.41) is 1.32. The van der Waals surface area contributed by atoms with Gasteiger partial charge < -0.3 is 10.3 Å². The summed E-state index contributed by atoms with van der Waals surface area (Å²) < 4.78 is 2.23. The van der Waals surface area contributed by atoms with E-state index in [1.54, 1.807) is 12.4 Å². The number of nitrogen functional groups attached to an aromatic ring is 1. The van der Waals surface area contributed by atoms with Crippen LogP contribution < -0.4 is 5.73 Å². The third kappa shape index (κ3) is 3.26. The molecule has 2 N–H and O–H groups in total. The first-order chi connectivity index (χ1) is 13.3. The zero-order chi connectivity index (χ0) is 19.9. The van der Waals surface area contributed by atoms with Crippen molar-refractivity contribution in [2.75, 3.05) is 5.73 Å². The highest BCUT2D eigenvalue weighted by Gasteiger charge is 2.30. The topological polar surface area (TPSA) is 56.7 Å². The SMILES string of the molecule is Cn1cc(C(c2ccc(-c3cnc(N)nc3)cc2)C(C)(C)C)c2ccccc21. The maximum atomic E-state index is 5.60. The molecular weight excluding hydrogens is 344 g/mol. The van der Waals surface area contributed by atoms with E-state index in [4.69, 9.17) is 5.73 Å². The summed E-state index contributed by atoms with van der Waals surface area (Å²) in [5.74, 6) is 0.583. The molecule has 0 amide bonds. The third-order valence-electron chi connectivity index (χ3n) is 5.35. The molecule has 1 unspecified atom stereocenters. The quantitative estimate of drug-likeness (QED) is 0.525. The van der Waals surface area contributed by atoms with Crippen molar-refractivity contribution in [1.82, 2.24) is 14.5 Å². The van der Waals surface area contributed by atoms with E-state index in [1.807, 2.05) is 0 Å². The molecule has 0 aliphatic rings. The van der Waals surface area contributed by atoms with Crippen LogP contribution in [0.2, 0.25) is 0 Å². The van der Waals surface area contributed by atoms with Crippen molar-refractivity contribution in [2.24, 2.45) is 12.5 Å². The molecule has 0 spiro atoms. The summed E-state index contributed by atoms with van der Waals surface area (Å²) in [7, 11) is 2.12. The number of nitrogens with zero attached hydrogens (tertiary/aromatic N) is 3. The fraction of sp³-hybridized carbons (Fsp3) is 0.250. The first kappa shape index (κ1) is 18.2. The van der Waals surface area contributed by atoms with Crippen LogP contribution in [0.15, 0.2) is 67.1 Å². The van der Waals surface area contributed by atoms with E-state index in [2.05, 4.69) is 97.1 Å². The van der Waals surface area contributed by atoms with Gasteiger partial charge in [0.05, 0.1) is 0 Å². The van der Waals surface area contributed by atoms with E-state index in [0.717, 1.165) is 11.1 Å². The monoisotopic (exact) mass is 370 g/mol. The first-order valence-electron chi connectivity index (χ1n) is 9.56. The molecule has 4 rings (SSSR count). The van der Waals surface area contributed by atoms with Crippen molar-refractivity contribution < 1.29 is 0 Å². The van der Waals surface area contributed by atoms with Crippen LogP contribution in [0.1, 0.15) is 37.8 Å². The summed E-state index contributed by atoms with van der Waals surface area (Å²) in [5.41, 5.74) is 11.7. The smallest absolute Gasteiger partial charge is 0.219 e. The molecule has 4 nitrogen and oxygen atoms in total. The van der Waals surface area contributed by atoms with Crippen molar-refractivity contribution in [3.63, 3.8) is 0 Å². The fourth-order valence-corrected chi connectivity index (χ4v) is 4.10. The van der Waals surface area contributed by atoms with Gasteiger partial charge >= 0.3 is 0 Å². The molecule has 142 valence electrons. The number of benzene rings is 2. The van der Waals surface area contributed by atoms with Crippen LogP contribution in [0.25, 0.3) is 22.0 Å². The molecule has 0 aliphatic carbocycles. The van der Waals surface area contributed by atoms with Gasteiger partial charge in [0, 0.05) is 48.0 Å². The van der Waals surface area contributed by atoms with Crippen LogP contribution >= 0.6 is 0 Å². The van der Waals surface area contributed by atoms with E-state index in [0.29, 0.717) is 5.95 Å². The first-order valence-corrected chi connectivity index (χ1v) is 9.56. The molecule has 2 aromatic heterocycles. The lowest BCUT2D eigenvalue weighted by atomic mass is 9.72. The Bertz CT molecular complexity index is 1100. The number of hydrogen-bond donors (Lipinski definition) is 1. The number of nitrogens with two attached hydrogens (primary N) is 1. The molecule has 0 aliphatic heterocycles. The van der Waals surface area contributed by atoms with Crippen LogP contribution in [-0.2, 0) is 7.05 Å². The van der Waals surface area contributed by atoms with Crippen LogP contribution in [0.5, 0.6) is 0 Å². The van der Waals surface area contributed by atoms with Gasteiger partial charge in [-0.25, -0.2) is 9.97 Å². The molecule has 0 saturated heterocycles. The summed E-state index contributed by atoms with van der Waals surface area (Å²) in [6, 6.07) is 17.4. The highest BCUT2D eigenvalue weighted by molar-refractivity contribution is 5.85. The van der Waals surface area contributed by atoms with Crippen LogP contribution in [0.3, 0.4) is 0 Å². The van der Waals surface area contributed by atoms with Gasteiger partial charge in [-0.05, 0) is 28.2 Å². The number of rotatable bonds is 3. The molecule has 2 aromatic carbocycles. The summed E-state index contributed by atoms with van der Waals surface area (Å²) in [4.78, 5) is 8.20. The second-order valence-electron chi connectivity index (χ2n) is 8.46. The molecular formula is C24H26N4. The van der Waals surface area contributed by atoms with Crippen molar-refractivity contribution in [2.45, 2.75) is 26.7 Å². The maximum Gasteiger partial charge on any atom is 0.219 e. The maximum absolute atomic E-state index is 5.60. The number of hydrogen-bond acceptors (Lipinski definition) is 3. The highest BCUT2D eigenvalue weighted by atomic mass is 15.0. The second kappa shape index (κ2) is 6.79. The Balaban J connectivity index is 1.79. The van der Waals surface area contributed by atoms with Gasteiger partial charge in [0.2, 0.25) is 5.95 Å². The molecule has 4 heteroatoms. The van der Waals surface area contributed by atoms with Gasteiger partial charge in [-0.3, -0.25) is 0 Å². The van der Waals surface area contributed by atoms with Crippen molar-refractivity contribution in [3.8, 4) is 11.1 Å². The van der Waals surface area contributed by atoms with Gasteiger partial charge in [0.25, 0.3) is 0 Å². The molecule has 0 fully saturated rings. The van der Waals surface area contributed by atoms with E-state index in [1.165, 1.54) is 22.0 Å². The predicted octanol–water partition coefficient (Wildman–Crippen LogP) is 5.40. The minimum absolute atomic E-state index is 0.0793. The van der Waals surface area contributed by atoms with E-state index in [9.17, 15) is 0 Å². The Labute approximate surface area is 166 Å². The molecule has 0 bridgehead atoms. The van der Waals surface area contributed by atoms with Gasteiger partial charge in [0.1, 0.15) is 0 Å². The highest BCUT2D eigenvalue weighted by Crippen LogP contribution is 2.44. The minimum Gasteiger partial charge on any atom is -0.368 e. The van der Waals surface area contributed by atoms with Gasteiger partial charge in [-0.1, -0.05) is 63.2 Å². The van der Waals surface area contributed by atoms with E-state index < -0.39 is 0 Å². The third-order valence-corrected chi connectivity index (χ3v) is 5.35. The lowest BCUT2D eigenvalue weighted by Crippen LogP contribution is -2.19. The van der Waals surface area contributed by atoms with Crippen molar-refractivity contribution in [1.29, 1.82) is 0 Å². The van der Waals surface area contributed by atoms with Crippen molar-refractivity contribution in [3.05, 3.63) is 78.2 Å². The molecule has 0 saturated carbocycles. The minimum atomic E-state index is 0.0793. The van der Waals surface area contributed by atoms with Crippen molar-refractivity contribution >= 4 is 16.9 Å². The van der Waals surface area contributed by atoms with E-state index in [-0.39, 0.29) is 11.3 Å². The van der Waals surface area contributed by atoms with Gasteiger partial charge in [0.15, 0.2) is 0 Å². The van der Waals surface area contributed by atoms with Crippen LogP contribution in [0, 0.1) is 5.41 Å². The molecule has 2 heterocycles. The zero-order valence-electron chi connectivity index (χ0n) is 16.8. The molecule has 4 aromatic rings. The lowest BCUT2D eigenvalue weighted by molar-refractivity contribution is 0.360.